The summed E-state index contributed by atoms with van der Waals surface area (Å²) in [7, 11) is 3.26. The van der Waals surface area contributed by atoms with E-state index in [1.165, 1.54) is 0 Å². The van der Waals surface area contributed by atoms with Gasteiger partial charge in [-0.2, -0.15) is 0 Å². The Labute approximate surface area is 165 Å². The number of benzene rings is 2. The summed E-state index contributed by atoms with van der Waals surface area (Å²) in [6, 6.07) is 13.8. The first-order valence-electron chi connectivity index (χ1n) is 9.52. The molecule has 3 aromatic rings. The molecule has 0 saturated carbocycles. The van der Waals surface area contributed by atoms with Gasteiger partial charge in [0.05, 0.1) is 25.3 Å². The summed E-state index contributed by atoms with van der Waals surface area (Å²) >= 11 is 0. The van der Waals surface area contributed by atoms with Crippen LogP contribution in [0.1, 0.15) is 24.2 Å². The van der Waals surface area contributed by atoms with Gasteiger partial charge in [-0.3, -0.25) is 4.79 Å². The molecule has 0 bridgehead atoms. The molecule has 1 aromatic heterocycles. The molecular formula is C22H27N3O3. The quantitative estimate of drug-likeness (QED) is 0.576. The van der Waals surface area contributed by atoms with Crippen molar-refractivity contribution in [3.05, 3.63) is 53.9 Å². The standard InChI is InChI=1S/C22H27N3O3/c1-16-24-19-7-4-5-8-20(19)25(16)14-6-13-23-22(26)12-9-17-15-18(27-2)10-11-21(17)28-3/h4-5,7-8,10-11,15H,6,9,12-14H2,1-3H3,(H,23,26). The van der Waals surface area contributed by atoms with Crippen molar-refractivity contribution in [2.45, 2.75) is 32.7 Å². The Morgan fingerprint density at radius 1 is 1.14 bits per heavy atom. The molecule has 0 fully saturated rings. The lowest BCUT2D eigenvalue weighted by molar-refractivity contribution is -0.121. The largest absolute Gasteiger partial charge is 0.497 e. The summed E-state index contributed by atoms with van der Waals surface area (Å²) in [5, 5.41) is 3.00. The monoisotopic (exact) mass is 381 g/mol. The fourth-order valence-corrected chi connectivity index (χ4v) is 3.36. The third kappa shape index (κ3) is 4.63. The van der Waals surface area contributed by atoms with Crippen LogP contribution in [0.2, 0.25) is 0 Å². The van der Waals surface area contributed by atoms with Crippen molar-refractivity contribution in [3.63, 3.8) is 0 Å². The number of rotatable bonds is 9. The predicted octanol–water partition coefficient (Wildman–Crippen LogP) is 3.50. The SMILES string of the molecule is COc1ccc(OC)c(CCC(=O)NCCCn2c(C)nc3ccccc32)c1. The van der Waals surface area contributed by atoms with E-state index in [1.807, 2.05) is 43.3 Å². The molecule has 0 unspecified atom stereocenters. The number of nitrogens with zero attached hydrogens (tertiary/aromatic N) is 2. The Morgan fingerprint density at radius 3 is 2.75 bits per heavy atom. The van der Waals surface area contributed by atoms with Crippen molar-refractivity contribution in [2.75, 3.05) is 20.8 Å². The van der Waals surface area contributed by atoms with Gasteiger partial charge in [-0.1, -0.05) is 12.1 Å². The normalized spacial score (nSPS) is 10.8. The zero-order chi connectivity index (χ0) is 19.9. The number of amides is 1. The van der Waals surface area contributed by atoms with Gasteiger partial charge in [0.2, 0.25) is 5.91 Å². The van der Waals surface area contributed by atoms with Gasteiger partial charge in [-0.15, -0.1) is 0 Å². The number of para-hydroxylation sites is 2. The van der Waals surface area contributed by atoms with E-state index < -0.39 is 0 Å². The Kier molecular flexibility index (Phi) is 6.53. The summed E-state index contributed by atoms with van der Waals surface area (Å²) in [6.07, 6.45) is 1.88. The zero-order valence-electron chi connectivity index (χ0n) is 16.7. The third-order valence-electron chi connectivity index (χ3n) is 4.84. The Balaban J connectivity index is 1.47. The minimum atomic E-state index is 0.0390. The van der Waals surface area contributed by atoms with E-state index in [1.54, 1.807) is 14.2 Å². The number of hydrogen-bond acceptors (Lipinski definition) is 4. The molecular weight excluding hydrogens is 354 g/mol. The molecule has 0 radical (unpaired) electrons. The Morgan fingerprint density at radius 2 is 1.96 bits per heavy atom. The van der Waals surface area contributed by atoms with Gasteiger partial charge in [0.25, 0.3) is 0 Å². The number of imidazole rings is 1. The van der Waals surface area contributed by atoms with E-state index in [2.05, 4.69) is 20.9 Å². The van der Waals surface area contributed by atoms with Crippen LogP contribution in [-0.4, -0.2) is 36.2 Å². The molecule has 2 aromatic carbocycles. The second-order valence-electron chi connectivity index (χ2n) is 6.68. The highest BCUT2D eigenvalue weighted by molar-refractivity contribution is 5.76. The summed E-state index contributed by atoms with van der Waals surface area (Å²) in [5.74, 6) is 2.57. The van der Waals surface area contributed by atoms with Crippen LogP contribution in [-0.2, 0) is 17.8 Å². The number of methoxy groups -OCH3 is 2. The van der Waals surface area contributed by atoms with Crippen LogP contribution in [0.15, 0.2) is 42.5 Å². The van der Waals surface area contributed by atoms with Crippen LogP contribution in [0, 0.1) is 6.92 Å². The van der Waals surface area contributed by atoms with Gasteiger partial charge >= 0.3 is 0 Å². The molecule has 6 nitrogen and oxygen atoms in total. The van der Waals surface area contributed by atoms with Gasteiger partial charge in [0, 0.05) is 19.5 Å². The molecule has 1 heterocycles. The fourth-order valence-electron chi connectivity index (χ4n) is 3.36. The van der Waals surface area contributed by atoms with Gasteiger partial charge < -0.3 is 19.4 Å². The minimum absolute atomic E-state index is 0.0390. The maximum absolute atomic E-state index is 12.2. The van der Waals surface area contributed by atoms with Crippen LogP contribution >= 0.6 is 0 Å². The molecule has 28 heavy (non-hydrogen) atoms. The van der Waals surface area contributed by atoms with Crippen molar-refractivity contribution in [1.29, 1.82) is 0 Å². The highest BCUT2D eigenvalue weighted by atomic mass is 16.5. The number of aryl methyl sites for hydroxylation is 3. The number of carbonyl (C=O) groups excluding carboxylic acids is 1. The van der Waals surface area contributed by atoms with E-state index in [0.29, 0.717) is 19.4 Å². The lowest BCUT2D eigenvalue weighted by Crippen LogP contribution is -2.25. The number of ether oxygens (including phenoxy) is 2. The highest BCUT2D eigenvalue weighted by Gasteiger charge is 2.09. The first-order valence-corrected chi connectivity index (χ1v) is 9.52. The maximum atomic E-state index is 12.2. The number of nitrogens with one attached hydrogen (secondary N) is 1. The van der Waals surface area contributed by atoms with Crippen LogP contribution in [0.4, 0.5) is 0 Å². The molecule has 0 atom stereocenters. The van der Waals surface area contributed by atoms with Crippen molar-refractivity contribution < 1.29 is 14.3 Å². The first kappa shape index (κ1) is 19.7. The molecule has 0 saturated heterocycles. The second kappa shape index (κ2) is 9.26. The van der Waals surface area contributed by atoms with Gasteiger partial charge in [-0.05, 0) is 55.7 Å². The molecule has 0 aliphatic carbocycles. The van der Waals surface area contributed by atoms with Crippen LogP contribution in [0.5, 0.6) is 11.5 Å². The van der Waals surface area contributed by atoms with E-state index >= 15 is 0 Å². The van der Waals surface area contributed by atoms with Crippen molar-refractivity contribution in [3.8, 4) is 11.5 Å². The molecule has 148 valence electrons. The highest BCUT2D eigenvalue weighted by Crippen LogP contribution is 2.25. The molecule has 1 N–H and O–H groups in total. The van der Waals surface area contributed by atoms with Crippen molar-refractivity contribution in [1.82, 2.24) is 14.9 Å². The average molecular weight is 381 g/mol. The van der Waals surface area contributed by atoms with Gasteiger partial charge in [-0.25, -0.2) is 4.98 Å². The van der Waals surface area contributed by atoms with E-state index in [9.17, 15) is 4.79 Å². The van der Waals surface area contributed by atoms with Gasteiger partial charge in [0.1, 0.15) is 17.3 Å². The maximum Gasteiger partial charge on any atom is 0.220 e. The van der Waals surface area contributed by atoms with E-state index in [0.717, 1.165) is 46.9 Å². The lowest BCUT2D eigenvalue weighted by Gasteiger charge is -2.11. The fraction of sp³-hybridized carbons (Fsp3) is 0.364. The van der Waals surface area contributed by atoms with Crippen LogP contribution < -0.4 is 14.8 Å². The van der Waals surface area contributed by atoms with Crippen molar-refractivity contribution >= 4 is 16.9 Å². The topological polar surface area (TPSA) is 65.4 Å². The molecule has 1 amide bonds. The van der Waals surface area contributed by atoms with E-state index in [4.69, 9.17) is 9.47 Å². The third-order valence-corrected chi connectivity index (χ3v) is 4.84. The number of fused-ring (bicyclic) bond motifs is 1. The summed E-state index contributed by atoms with van der Waals surface area (Å²) < 4.78 is 12.8. The van der Waals surface area contributed by atoms with Crippen LogP contribution in [0.3, 0.4) is 0 Å². The predicted molar refractivity (Wildman–Crippen MR) is 110 cm³/mol. The van der Waals surface area contributed by atoms with Crippen molar-refractivity contribution in [2.24, 2.45) is 0 Å². The summed E-state index contributed by atoms with van der Waals surface area (Å²) in [5.41, 5.74) is 3.12. The lowest BCUT2D eigenvalue weighted by atomic mass is 10.1. The number of aromatic nitrogens is 2. The van der Waals surface area contributed by atoms with E-state index in [-0.39, 0.29) is 5.91 Å². The van der Waals surface area contributed by atoms with Gasteiger partial charge in [0.15, 0.2) is 0 Å². The zero-order valence-corrected chi connectivity index (χ0v) is 16.7. The van der Waals surface area contributed by atoms with Crippen LogP contribution in [0.25, 0.3) is 11.0 Å². The average Bonchev–Trinajstić information content (AvgIpc) is 3.04. The molecule has 6 heteroatoms. The summed E-state index contributed by atoms with van der Waals surface area (Å²) in [6.45, 7) is 3.48. The smallest absolute Gasteiger partial charge is 0.220 e. The molecule has 0 spiro atoms. The molecule has 0 aliphatic heterocycles. The summed E-state index contributed by atoms with van der Waals surface area (Å²) in [4.78, 5) is 16.8. The second-order valence-corrected chi connectivity index (χ2v) is 6.68. The molecule has 0 aliphatic rings. The minimum Gasteiger partial charge on any atom is -0.497 e. The number of hydrogen-bond donors (Lipinski definition) is 1. The molecule has 3 rings (SSSR count). The Bertz CT molecular complexity index is 949. The Hall–Kier alpha value is -3.02. The number of carbonyl (C=O) groups is 1. The first-order chi connectivity index (χ1) is 13.6.